The van der Waals surface area contributed by atoms with E-state index in [4.69, 9.17) is 5.11 Å². The van der Waals surface area contributed by atoms with Gasteiger partial charge < -0.3 is 15.7 Å². The molecule has 0 aromatic rings. The second kappa shape index (κ2) is 5.26. The van der Waals surface area contributed by atoms with Crippen LogP contribution in [0.2, 0.25) is 0 Å². The molecule has 0 aromatic carbocycles. The highest BCUT2D eigenvalue weighted by Crippen LogP contribution is 2.65. The van der Waals surface area contributed by atoms with Crippen LogP contribution in [0.25, 0.3) is 0 Å². The molecule has 2 amide bonds. The minimum Gasteiger partial charge on any atom is -0.480 e. The van der Waals surface area contributed by atoms with Gasteiger partial charge in [-0.05, 0) is 49.4 Å². The Morgan fingerprint density at radius 2 is 1.90 bits per heavy atom. The van der Waals surface area contributed by atoms with E-state index in [2.05, 4.69) is 10.6 Å². The molecule has 2 bridgehead atoms. The first-order valence-electron chi connectivity index (χ1n) is 7.91. The third-order valence-corrected chi connectivity index (χ3v) is 5.48. The Labute approximate surface area is 119 Å². The summed E-state index contributed by atoms with van der Waals surface area (Å²) in [4.78, 5) is 23.1. The molecular weight excluding hydrogens is 256 g/mol. The van der Waals surface area contributed by atoms with Crippen molar-refractivity contribution in [2.75, 3.05) is 0 Å². The van der Waals surface area contributed by atoms with E-state index in [1.807, 2.05) is 6.92 Å². The minimum atomic E-state index is -0.940. The lowest BCUT2D eigenvalue weighted by Gasteiger charge is -2.16. The maximum Gasteiger partial charge on any atom is 0.326 e. The average molecular weight is 280 g/mol. The third kappa shape index (κ3) is 2.38. The minimum absolute atomic E-state index is 0.299. The summed E-state index contributed by atoms with van der Waals surface area (Å²) in [5.74, 6) is 2.04. The van der Waals surface area contributed by atoms with Gasteiger partial charge in [0, 0.05) is 6.04 Å². The van der Waals surface area contributed by atoms with Crippen molar-refractivity contribution in [2.24, 2.45) is 23.7 Å². The molecule has 112 valence electrons. The van der Waals surface area contributed by atoms with Crippen molar-refractivity contribution in [3.8, 4) is 0 Å². The molecule has 0 heterocycles. The zero-order valence-electron chi connectivity index (χ0n) is 12.0. The van der Waals surface area contributed by atoms with E-state index >= 15 is 0 Å². The molecule has 5 atom stereocenters. The number of fused-ring (bicyclic) bond motifs is 5. The second-order valence-corrected chi connectivity index (χ2v) is 6.66. The number of hydrogen-bond acceptors (Lipinski definition) is 2. The third-order valence-electron chi connectivity index (χ3n) is 5.48. The molecule has 5 nitrogen and oxygen atoms in total. The number of carbonyl (C=O) groups is 2. The predicted octanol–water partition coefficient (Wildman–Crippen LogP) is 1.97. The first kappa shape index (κ1) is 13.7. The fourth-order valence-electron chi connectivity index (χ4n) is 4.54. The van der Waals surface area contributed by atoms with Crippen molar-refractivity contribution in [2.45, 2.75) is 57.5 Å². The number of carboxylic acid groups (broad SMARTS) is 1. The number of aliphatic carboxylic acids is 1. The molecule has 5 unspecified atom stereocenters. The maximum absolute atomic E-state index is 12.0. The van der Waals surface area contributed by atoms with Crippen LogP contribution in [-0.2, 0) is 4.79 Å². The highest BCUT2D eigenvalue weighted by atomic mass is 16.4. The number of amides is 2. The molecule has 3 saturated carbocycles. The van der Waals surface area contributed by atoms with Crippen LogP contribution in [0.3, 0.4) is 0 Å². The van der Waals surface area contributed by atoms with Crippen LogP contribution in [0.5, 0.6) is 0 Å². The number of carbonyl (C=O) groups excluding carboxylic acids is 1. The van der Waals surface area contributed by atoms with E-state index in [1.54, 1.807) is 0 Å². The largest absolute Gasteiger partial charge is 0.480 e. The fraction of sp³-hybridized carbons (Fsp3) is 0.867. The summed E-state index contributed by atoms with van der Waals surface area (Å²) in [5, 5.41) is 14.7. The van der Waals surface area contributed by atoms with Crippen molar-refractivity contribution < 1.29 is 14.7 Å². The van der Waals surface area contributed by atoms with Gasteiger partial charge in [-0.2, -0.15) is 0 Å². The molecule has 3 N–H and O–H groups in total. The van der Waals surface area contributed by atoms with Crippen LogP contribution in [0.1, 0.15) is 45.4 Å². The van der Waals surface area contributed by atoms with E-state index in [0.717, 1.165) is 24.7 Å². The van der Waals surface area contributed by atoms with Crippen LogP contribution in [0, 0.1) is 23.7 Å². The van der Waals surface area contributed by atoms with Crippen LogP contribution < -0.4 is 10.6 Å². The van der Waals surface area contributed by atoms with Gasteiger partial charge >= 0.3 is 12.0 Å². The predicted molar refractivity (Wildman–Crippen MR) is 74.2 cm³/mol. The van der Waals surface area contributed by atoms with Crippen molar-refractivity contribution in [1.82, 2.24) is 10.6 Å². The van der Waals surface area contributed by atoms with Crippen LogP contribution >= 0.6 is 0 Å². The van der Waals surface area contributed by atoms with Crippen molar-refractivity contribution in [3.05, 3.63) is 0 Å². The summed E-state index contributed by atoms with van der Waals surface area (Å²) in [6.45, 7) is 2.01. The van der Waals surface area contributed by atoms with E-state index in [0.29, 0.717) is 24.3 Å². The maximum atomic E-state index is 12.0. The molecule has 3 fully saturated rings. The standard InChI is InChI=1S/C15H24N2O3/c1-2-3-4-10(14(18)19)16-15(20)17-13-11-8-5-6-9(7-8)12(11)13/h8-13H,2-7H2,1H3,(H,18,19)(H2,16,17,20). The molecule has 0 radical (unpaired) electrons. The van der Waals surface area contributed by atoms with Crippen LogP contribution in [0.4, 0.5) is 4.79 Å². The van der Waals surface area contributed by atoms with Gasteiger partial charge in [-0.15, -0.1) is 0 Å². The van der Waals surface area contributed by atoms with Crippen LogP contribution in [0.15, 0.2) is 0 Å². The van der Waals surface area contributed by atoms with Gasteiger partial charge in [0.2, 0.25) is 0 Å². The summed E-state index contributed by atoms with van der Waals surface area (Å²) in [6, 6.07) is -0.751. The zero-order chi connectivity index (χ0) is 14.3. The van der Waals surface area contributed by atoms with Crippen molar-refractivity contribution >= 4 is 12.0 Å². The smallest absolute Gasteiger partial charge is 0.326 e. The molecular formula is C15H24N2O3. The highest BCUT2D eigenvalue weighted by molar-refractivity contribution is 5.82. The van der Waals surface area contributed by atoms with E-state index in [-0.39, 0.29) is 6.03 Å². The van der Waals surface area contributed by atoms with Gasteiger partial charge in [0.25, 0.3) is 0 Å². The average Bonchev–Trinajstić information content (AvgIpc) is 2.82. The van der Waals surface area contributed by atoms with Crippen LogP contribution in [-0.4, -0.2) is 29.2 Å². The van der Waals surface area contributed by atoms with Crippen molar-refractivity contribution in [3.63, 3.8) is 0 Å². The molecule has 0 aromatic heterocycles. The Balaban J connectivity index is 1.47. The first-order chi connectivity index (χ1) is 9.61. The Bertz CT molecular complexity index is 396. The first-order valence-corrected chi connectivity index (χ1v) is 7.91. The molecule has 3 aliphatic carbocycles. The molecule has 0 saturated heterocycles. The van der Waals surface area contributed by atoms with Crippen molar-refractivity contribution in [1.29, 1.82) is 0 Å². The molecule has 5 heteroatoms. The zero-order valence-corrected chi connectivity index (χ0v) is 12.0. The van der Waals surface area contributed by atoms with E-state index in [9.17, 15) is 9.59 Å². The molecule has 20 heavy (non-hydrogen) atoms. The summed E-state index contributed by atoms with van der Waals surface area (Å²) in [6.07, 6.45) is 6.24. The SMILES string of the molecule is CCCCC(NC(=O)NC1C2C3CCC(C3)C12)C(=O)O. The topological polar surface area (TPSA) is 78.4 Å². The lowest BCUT2D eigenvalue weighted by Crippen LogP contribution is -2.47. The van der Waals surface area contributed by atoms with Gasteiger partial charge in [-0.3, -0.25) is 0 Å². The molecule has 3 aliphatic rings. The Morgan fingerprint density at radius 1 is 1.25 bits per heavy atom. The van der Waals surface area contributed by atoms with Gasteiger partial charge in [0.05, 0.1) is 0 Å². The van der Waals surface area contributed by atoms with Gasteiger partial charge in [-0.25, -0.2) is 9.59 Å². The summed E-state index contributed by atoms with van der Waals surface area (Å²) >= 11 is 0. The lowest BCUT2D eigenvalue weighted by molar-refractivity contribution is -0.139. The quantitative estimate of drug-likeness (QED) is 0.696. The number of unbranched alkanes of at least 4 members (excludes halogenated alkanes) is 1. The number of hydrogen-bond donors (Lipinski definition) is 3. The van der Waals surface area contributed by atoms with Gasteiger partial charge in [0.15, 0.2) is 0 Å². The number of urea groups is 1. The second-order valence-electron chi connectivity index (χ2n) is 6.66. The number of nitrogens with one attached hydrogen (secondary N) is 2. The summed E-state index contributed by atoms with van der Waals surface area (Å²) in [7, 11) is 0. The lowest BCUT2D eigenvalue weighted by atomic mass is 10.0. The molecule has 0 spiro atoms. The molecule has 3 rings (SSSR count). The monoisotopic (exact) mass is 280 g/mol. The van der Waals surface area contributed by atoms with Gasteiger partial charge in [-0.1, -0.05) is 19.8 Å². The number of rotatable bonds is 6. The normalized spacial score (nSPS) is 38.1. The fourth-order valence-corrected chi connectivity index (χ4v) is 4.54. The Kier molecular flexibility index (Phi) is 3.61. The Morgan fingerprint density at radius 3 is 2.45 bits per heavy atom. The Hall–Kier alpha value is -1.26. The van der Waals surface area contributed by atoms with E-state index < -0.39 is 12.0 Å². The highest BCUT2D eigenvalue weighted by Gasteiger charge is 2.65. The summed E-state index contributed by atoms with van der Waals surface area (Å²) < 4.78 is 0. The molecule has 0 aliphatic heterocycles. The summed E-state index contributed by atoms with van der Waals surface area (Å²) in [5.41, 5.74) is 0. The van der Waals surface area contributed by atoms with Gasteiger partial charge in [0.1, 0.15) is 6.04 Å². The number of carboxylic acids is 1. The van der Waals surface area contributed by atoms with E-state index in [1.165, 1.54) is 19.3 Å².